The molecule has 1 aliphatic heterocycles. The van der Waals surface area contributed by atoms with Crippen molar-refractivity contribution in [3.63, 3.8) is 0 Å². The summed E-state index contributed by atoms with van der Waals surface area (Å²) in [7, 11) is 0. The van der Waals surface area contributed by atoms with Crippen LogP contribution in [0.5, 0.6) is 0 Å². The number of likely N-dealkylation sites (tertiary alicyclic amines) is 1. The quantitative estimate of drug-likeness (QED) is 0.735. The molecule has 8 nitrogen and oxygen atoms in total. The Balaban J connectivity index is 1.31. The predicted octanol–water partition coefficient (Wildman–Crippen LogP) is 2.31. The van der Waals surface area contributed by atoms with Crippen LogP contribution in [0.2, 0.25) is 0 Å². The number of carbonyl (C=O) groups excluding carboxylic acids is 3. The van der Waals surface area contributed by atoms with Gasteiger partial charge in [-0.15, -0.1) is 0 Å². The van der Waals surface area contributed by atoms with E-state index < -0.39 is 5.91 Å². The number of rotatable bonds is 7. The summed E-state index contributed by atoms with van der Waals surface area (Å²) in [5, 5.41) is 4.86. The Labute approximate surface area is 181 Å². The Bertz CT molecular complexity index is 1050. The lowest BCUT2D eigenvalue weighted by atomic mass is 9.90. The Kier molecular flexibility index (Phi) is 5.02. The predicted molar refractivity (Wildman–Crippen MR) is 114 cm³/mol. The molecule has 5 atom stereocenters. The van der Waals surface area contributed by atoms with E-state index in [0.29, 0.717) is 35.1 Å². The second kappa shape index (κ2) is 7.73. The van der Waals surface area contributed by atoms with Crippen molar-refractivity contribution in [2.24, 2.45) is 23.5 Å². The summed E-state index contributed by atoms with van der Waals surface area (Å²) >= 11 is 0. The molecule has 1 saturated heterocycles. The Hall–Kier alpha value is -2.77. The van der Waals surface area contributed by atoms with Gasteiger partial charge in [0.15, 0.2) is 11.5 Å². The SMILES string of the molecule is CC1CCCC1CCC(=O)[C@@H]1C[C@H]2C[C@H]2N1C(=O)Cn1nc(C(N)=O)c2ccncc21. The van der Waals surface area contributed by atoms with E-state index in [1.807, 2.05) is 0 Å². The number of nitrogens with two attached hydrogens (primary N) is 1. The molecule has 31 heavy (non-hydrogen) atoms. The molecular weight excluding hydrogens is 394 g/mol. The number of primary amides is 1. The van der Waals surface area contributed by atoms with Crippen LogP contribution in [0.3, 0.4) is 0 Å². The first-order chi connectivity index (χ1) is 14.9. The normalized spacial score (nSPS) is 29.3. The summed E-state index contributed by atoms with van der Waals surface area (Å²) in [4.78, 5) is 44.0. The number of piperidine rings is 1. The number of ketones is 1. The van der Waals surface area contributed by atoms with Gasteiger partial charge in [-0.05, 0) is 43.1 Å². The molecule has 164 valence electrons. The van der Waals surface area contributed by atoms with Crippen LogP contribution in [0.25, 0.3) is 10.9 Å². The highest BCUT2D eigenvalue weighted by molar-refractivity contribution is 6.04. The van der Waals surface area contributed by atoms with Crippen LogP contribution in [0.15, 0.2) is 18.5 Å². The third-order valence-corrected chi connectivity index (χ3v) is 7.64. The molecule has 5 rings (SSSR count). The van der Waals surface area contributed by atoms with E-state index >= 15 is 0 Å². The molecule has 2 aromatic heterocycles. The zero-order valence-corrected chi connectivity index (χ0v) is 17.9. The van der Waals surface area contributed by atoms with Crippen LogP contribution >= 0.6 is 0 Å². The number of hydrogen-bond acceptors (Lipinski definition) is 5. The van der Waals surface area contributed by atoms with E-state index in [2.05, 4.69) is 17.0 Å². The molecule has 2 saturated carbocycles. The number of pyridine rings is 1. The maximum atomic E-state index is 13.3. The van der Waals surface area contributed by atoms with E-state index in [1.54, 1.807) is 23.4 Å². The number of fused-ring (bicyclic) bond motifs is 2. The molecule has 0 spiro atoms. The third kappa shape index (κ3) is 3.62. The van der Waals surface area contributed by atoms with E-state index in [4.69, 9.17) is 5.73 Å². The van der Waals surface area contributed by atoms with Gasteiger partial charge in [0.25, 0.3) is 5.91 Å². The van der Waals surface area contributed by atoms with Crippen LogP contribution in [0.1, 0.15) is 62.4 Å². The second-order valence-corrected chi connectivity index (χ2v) is 9.55. The first-order valence-electron chi connectivity index (χ1n) is 11.4. The van der Waals surface area contributed by atoms with Crippen molar-refractivity contribution in [2.45, 2.75) is 70.5 Å². The van der Waals surface area contributed by atoms with Gasteiger partial charge >= 0.3 is 0 Å². The standard InChI is InChI=1S/C23H29N5O3/c1-13-3-2-4-14(13)5-6-20(29)18-10-15-9-17(15)28(18)21(30)12-27-19-11-25-8-7-16(19)22(26-27)23(24)31/h7-8,11,13-15,17-18H,2-6,9-10,12H2,1H3,(H2,24,31)/t13?,14?,15-,17-,18+/m1/s1. The summed E-state index contributed by atoms with van der Waals surface area (Å²) in [5.74, 6) is 1.22. The molecular formula is C23H29N5O3. The first kappa shape index (κ1) is 20.2. The zero-order chi connectivity index (χ0) is 21.7. The molecule has 2 aromatic rings. The lowest BCUT2D eigenvalue weighted by Crippen LogP contribution is -2.44. The summed E-state index contributed by atoms with van der Waals surface area (Å²) in [6.07, 6.45) is 10.1. The van der Waals surface area contributed by atoms with Crippen molar-refractivity contribution in [3.8, 4) is 0 Å². The van der Waals surface area contributed by atoms with Gasteiger partial charge in [0.2, 0.25) is 5.91 Å². The van der Waals surface area contributed by atoms with Crippen molar-refractivity contribution >= 4 is 28.5 Å². The molecule has 2 N–H and O–H groups in total. The van der Waals surface area contributed by atoms with Gasteiger partial charge in [-0.25, -0.2) is 0 Å². The molecule has 2 unspecified atom stereocenters. The van der Waals surface area contributed by atoms with Crippen molar-refractivity contribution in [3.05, 3.63) is 24.2 Å². The number of carbonyl (C=O) groups is 3. The van der Waals surface area contributed by atoms with Gasteiger partial charge in [0, 0.05) is 24.0 Å². The summed E-state index contributed by atoms with van der Waals surface area (Å²) in [5.41, 5.74) is 6.18. The number of Topliss-reactive ketones (excluding diaryl/α,β-unsaturated/α-hetero) is 1. The average molecular weight is 424 g/mol. The second-order valence-electron chi connectivity index (χ2n) is 9.55. The van der Waals surface area contributed by atoms with Crippen LogP contribution in [-0.4, -0.2) is 49.3 Å². The molecule has 0 bridgehead atoms. The number of hydrogen-bond donors (Lipinski definition) is 1. The molecule has 0 radical (unpaired) electrons. The fourth-order valence-corrected chi connectivity index (χ4v) is 5.78. The topological polar surface area (TPSA) is 111 Å². The Morgan fingerprint density at radius 1 is 1.23 bits per heavy atom. The van der Waals surface area contributed by atoms with Crippen molar-refractivity contribution in [2.75, 3.05) is 0 Å². The van der Waals surface area contributed by atoms with Crippen LogP contribution in [0, 0.1) is 17.8 Å². The van der Waals surface area contributed by atoms with Gasteiger partial charge in [0.1, 0.15) is 6.54 Å². The first-order valence-corrected chi connectivity index (χ1v) is 11.4. The zero-order valence-electron chi connectivity index (χ0n) is 17.9. The fraction of sp³-hybridized carbons (Fsp3) is 0.609. The van der Waals surface area contributed by atoms with Crippen molar-refractivity contribution in [1.82, 2.24) is 19.7 Å². The van der Waals surface area contributed by atoms with Crippen molar-refractivity contribution < 1.29 is 14.4 Å². The fourth-order valence-electron chi connectivity index (χ4n) is 5.78. The third-order valence-electron chi connectivity index (χ3n) is 7.64. The Morgan fingerprint density at radius 2 is 2.06 bits per heavy atom. The van der Waals surface area contributed by atoms with Crippen LogP contribution < -0.4 is 5.73 Å². The summed E-state index contributed by atoms with van der Waals surface area (Å²) in [6, 6.07) is 1.53. The van der Waals surface area contributed by atoms with Gasteiger partial charge in [0.05, 0.1) is 17.8 Å². The minimum Gasteiger partial charge on any atom is -0.364 e. The van der Waals surface area contributed by atoms with E-state index in [-0.39, 0.29) is 36.0 Å². The maximum absolute atomic E-state index is 13.3. The lowest BCUT2D eigenvalue weighted by molar-refractivity contribution is -0.139. The lowest BCUT2D eigenvalue weighted by Gasteiger charge is -2.27. The van der Waals surface area contributed by atoms with E-state index in [1.165, 1.54) is 23.9 Å². The minimum absolute atomic E-state index is 0.0257. The number of amides is 2. The largest absolute Gasteiger partial charge is 0.364 e. The van der Waals surface area contributed by atoms with E-state index in [0.717, 1.165) is 19.3 Å². The van der Waals surface area contributed by atoms with Gasteiger partial charge in [-0.3, -0.25) is 24.0 Å². The smallest absolute Gasteiger partial charge is 0.269 e. The summed E-state index contributed by atoms with van der Waals surface area (Å²) < 4.78 is 1.49. The van der Waals surface area contributed by atoms with Crippen LogP contribution in [-0.2, 0) is 16.1 Å². The highest BCUT2D eigenvalue weighted by atomic mass is 16.2. The highest BCUT2D eigenvalue weighted by Gasteiger charge is 2.55. The van der Waals surface area contributed by atoms with Gasteiger partial charge in [-0.1, -0.05) is 26.2 Å². The Morgan fingerprint density at radius 3 is 2.81 bits per heavy atom. The molecule has 2 amide bonds. The highest BCUT2D eigenvalue weighted by Crippen LogP contribution is 2.48. The van der Waals surface area contributed by atoms with Gasteiger partial charge in [-0.2, -0.15) is 5.10 Å². The molecule has 8 heteroatoms. The number of nitrogens with zero attached hydrogens (tertiary/aromatic N) is 4. The average Bonchev–Trinajstić information content (AvgIpc) is 3.08. The molecule has 3 heterocycles. The van der Waals surface area contributed by atoms with E-state index in [9.17, 15) is 14.4 Å². The molecule has 3 aliphatic rings. The monoisotopic (exact) mass is 423 g/mol. The summed E-state index contributed by atoms with van der Waals surface area (Å²) in [6.45, 7) is 2.26. The maximum Gasteiger partial charge on any atom is 0.269 e. The molecule has 0 aromatic carbocycles. The van der Waals surface area contributed by atoms with Crippen molar-refractivity contribution in [1.29, 1.82) is 0 Å². The van der Waals surface area contributed by atoms with Crippen LogP contribution in [0.4, 0.5) is 0 Å². The minimum atomic E-state index is -0.639. The molecule has 3 fully saturated rings. The number of aromatic nitrogens is 3. The molecule has 2 aliphatic carbocycles. The van der Waals surface area contributed by atoms with Gasteiger partial charge < -0.3 is 10.6 Å².